The molecule has 0 aliphatic heterocycles. The minimum atomic E-state index is -0.0937. The van der Waals surface area contributed by atoms with Crippen LogP contribution < -0.4 is 5.56 Å². The van der Waals surface area contributed by atoms with Crippen LogP contribution in [0.2, 0.25) is 0 Å². The largest absolute Gasteiger partial charge is 0.281 e. The second-order valence-corrected chi connectivity index (χ2v) is 4.38. The molecule has 0 aliphatic carbocycles. The zero-order chi connectivity index (χ0) is 11.5. The van der Waals surface area contributed by atoms with Gasteiger partial charge in [0.1, 0.15) is 0 Å². The van der Waals surface area contributed by atoms with E-state index in [2.05, 4.69) is 21.0 Å². The van der Waals surface area contributed by atoms with Crippen molar-refractivity contribution in [3.8, 4) is 0 Å². The lowest BCUT2D eigenvalue weighted by Gasteiger charge is -2.05. The van der Waals surface area contributed by atoms with Crippen LogP contribution in [0.15, 0.2) is 45.8 Å². The van der Waals surface area contributed by atoms with Crippen LogP contribution in [0.4, 0.5) is 0 Å². The van der Waals surface area contributed by atoms with E-state index in [9.17, 15) is 4.79 Å². The smallest absolute Gasteiger partial charge is 0.266 e. The molecular formula is C12H11BrN2O. The molecule has 0 atom stereocenters. The van der Waals surface area contributed by atoms with E-state index in [1.165, 1.54) is 4.68 Å². The first-order valence-electron chi connectivity index (χ1n) is 4.94. The Labute approximate surface area is 102 Å². The SMILES string of the molecule is Cc1cnn(Cc2ccccc2)c(=O)c1Br. The molecule has 1 heterocycles. The minimum Gasteiger partial charge on any atom is -0.266 e. The molecule has 4 heteroatoms. The van der Waals surface area contributed by atoms with Crippen molar-refractivity contribution in [2.75, 3.05) is 0 Å². The molecule has 3 nitrogen and oxygen atoms in total. The van der Waals surface area contributed by atoms with Crippen molar-refractivity contribution < 1.29 is 0 Å². The van der Waals surface area contributed by atoms with Gasteiger partial charge in [0.05, 0.1) is 17.2 Å². The van der Waals surface area contributed by atoms with Crippen LogP contribution >= 0.6 is 15.9 Å². The van der Waals surface area contributed by atoms with E-state index < -0.39 is 0 Å². The zero-order valence-electron chi connectivity index (χ0n) is 8.85. The summed E-state index contributed by atoms with van der Waals surface area (Å²) in [6.45, 7) is 2.35. The predicted octanol–water partition coefficient (Wildman–Crippen LogP) is 2.36. The Kier molecular flexibility index (Phi) is 3.19. The maximum absolute atomic E-state index is 11.8. The first-order valence-corrected chi connectivity index (χ1v) is 5.74. The van der Waals surface area contributed by atoms with Gasteiger partial charge in [0.2, 0.25) is 0 Å². The van der Waals surface area contributed by atoms with Gasteiger partial charge in [-0.1, -0.05) is 30.3 Å². The fourth-order valence-corrected chi connectivity index (χ4v) is 1.72. The third-order valence-electron chi connectivity index (χ3n) is 2.33. The summed E-state index contributed by atoms with van der Waals surface area (Å²) in [4.78, 5) is 11.8. The van der Waals surface area contributed by atoms with E-state index in [-0.39, 0.29) is 5.56 Å². The number of nitrogens with zero attached hydrogens (tertiary/aromatic N) is 2. The van der Waals surface area contributed by atoms with E-state index >= 15 is 0 Å². The van der Waals surface area contributed by atoms with Crippen molar-refractivity contribution in [3.05, 3.63) is 62.5 Å². The first kappa shape index (κ1) is 11.1. The highest BCUT2D eigenvalue weighted by atomic mass is 79.9. The maximum Gasteiger partial charge on any atom is 0.281 e. The molecule has 0 amide bonds. The Hall–Kier alpha value is -1.42. The molecule has 0 N–H and O–H groups in total. The molecule has 0 saturated heterocycles. The number of hydrogen-bond donors (Lipinski definition) is 0. The van der Waals surface area contributed by atoms with E-state index in [4.69, 9.17) is 0 Å². The second kappa shape index (κ2) is 4.61. The molecule has 16 heavy (non-hydrogen) atoms. The lowest BCUT2D eigenvalue weighted by Crippen LogP contribution is -2.24. The monoisotopic (exact) mass is 278 g/mol. The summed E-state index contributed by atoms with van der Waals surface area (Å²) in [6, 6.07) is 9.79. The second-order valence-electron chi connectivity index (χ2n) is 3.59. The lowest BCUT2D eigenvalue weighted by molar-refractivity contribution is 0.632. The summed E-state index contributed by atoms with van der Waals surface area (Å²) in [6.07, 6.45) is 1.69. The summed E-state index contributed by atoms with van der Waals surface area (Å²) in [5, 5.41) is 4.11. The summed E-state index contributed by atoms with van der Waals surface area (Å²) < 4.78 is 2.03. The van der Waals surface area contributed by atoms with Crippen LogP contribution in [0, 0.1) is 6.92 Å². The van der Waals surface area contributed by atoms with Crippen LogP contribution in [0.25, 0.3) is 0 Å². The van der Waals surface area contributed by atoms with Gasteiger partial charge in [0.15, 0.2) is 0 Å². The van der Waals surface area contributed by atoms with Crippen molar-refractivity contribution in [3.63, 3.8) is 0 Å². The van der Waals surface area contributed by atoms with Gasteiger partial charge in [-0.3, -0.25) is 4.79 Å². The van der Waals surface area contributed by atoms with Crippen molar-refractivity contribution in [2.24, 2.45) is 0 Å². The van der Waals surface area contributed by atoms with E-state index in [0.717, 1.165) is 11.1 Å². The van der Waals surface area contributed by atoms with Crippen LogP contribution in [0.1, 0.15) is 11.1 Å². The number of halogens is 1. The average molecular weight is 279 g/mol. The minimum absolute atomic E-state index is 0.0937. The van der Waals surface area contributed by atoms with Crippen LogP contribution in [-0.4, -0.2) is 9.78 Å². The number of aromatic nitrogens is 2. The van der Waals surface area contributed by atoms with Crippen molar-refractivity contribution in [1.29, 1.82) is 0 Å². The molecule has 0 unspecified atom stereocenters. The van der Waals surface area contributed by atoms with E-state index in [1.54, 1.807) is 6.20 Å². The Morgan fingerprint density at radius 1 is 1.31 bits per heavy atom. The third-order valence-corrected chi connectivity index (χ3v) is 3.30. The van der Waals surface area contributed by atoms with Gasteiger partial charge in [-0.25, -0.2) is 4.68 Å². The van der Waals surface area contributed by atoms with Crippen molar-refractivity contribution in [2.45, 2.75) is 13.5 Å². The maximum atomic E-state index is 11.8. The molecule has 0 spiro atoms. The summed E-state index contributed by atoms with van der Waals surface area (Å²) >= 11 is 3.27. The topological polar surface area (TPSA) is 34.9 Å². The predicted molar refractivity (Wildman–Crippen MR) is 66.5 cm³/mol. The van der Waals surface area contributed by atoms with Gasteiger partial charge < -0.3 is 0 Å². The number of rotatable bonds is 2. The molecular weight excluding hydrogens is 268 g/mol. The number of aryl methyl sites for hydroxylation is 1. The van der Waals surface area contributed by atoms with Gasteiger partial charge >= 0.3 is 0 Å². The first-order chi connectivity index (χ1) is 7.68. The van der Waals surface area contributed by atoms with Crippen LogP contribution in [0.5, 0.6) is 0 Å². The highest BCUT2D eigenvalue weighted by molar-refractivity contribution is 9.10. The quantitative estimate of drug-likeness (QED) is 0.845. The van der Waals surface area contributed by atoms with Crippen molar-refractivity contribution in [1.82, 2.24) is 9.78 Å². The fraction of sp³-hybridized carbons (Fsp3) is 0.167. The summed E-state index contributed by atoms with van der Waals surface area (Å²) in [7, 11) is 0. The standard InChI is InChI=1S/C12H11BrN2O/c1-9-7-14-15(12(16)11(9)13)8-10-5-3-2-4-6-10/h2-7H,8H2,1H3. The molecule has 0 bridgehead atoms. The van der Waals surface area contributed by atoms with Gasteiger partial charge in [-0.15, -0.1) is 0 Å². The molecule has 2 aromatic rings. The van der Waals surface area contributed by atoms with E-state index in [0.29, 0.717) is 11.0 Å². The molecule has 0 fully saturated rings. The molecule has 0 aliphatic rings. The van der Waals surface area contributed by atoms with Gasteiger partial charge in [0, 0.05) is 0 Å². The fourth-order valence-electron chi connectivity index (χ4n) is 1.42. The molecule has 0 saturated carbocycles. The number of hydrogen-bond acceptors (Lipinski definition) is 2. The lowest BCUT2D eigenvalue weighted by atomic mass is 10.2. The van der Waals surface area contributed by atoms with Crippen molar-refractivity contribution >= 4 is 15.9 Å². The molecule has 0 radical (unpaired) electrons. The van der Waals surface area contributed by atoms with Gasteiger partial charge in [-0.2, -0.15) is 5.10 Å². The number of benzene rings is 1. The Morgan fingerprint density at radius 3 is 2.69 bits per heavy atom. The Balaban J connectivity index is 2.37. The normalized spacial score (nSPS) is 10.4. The average Bonchev–Trinajstić information content (AvgIpc) is 2.31. The third kappa shape index (κ3) is 2.22. The van der Waals surface area contributed by atoms with Crippen LogP contribution in [0.3, 0.4) is 0 Å². The zero-order valence-corrected chi connectivity index (χ0v) is 10.4. The highest BCUT2D eigenvalue weighted by Crippen LogP contribution is 2.08. The van der Waals surface area contributed by atoms with Crippen LogP contribution in [-0.2, 0) is 6.54 Å². The van der Waals surface area contributed by atoms with Gasteiger partial charge in [0.25, 0.3) is 5.56 Å². The Morgan fingerprint density at radius 2 is 2.00 bits per heavy atom. The molecule has 1 aromatic heterocycles. The van der Waals surface area contributed by atoms with Gasteiger partial charge in [-0.05, 0) is 34.0 Å². The Bertz CT molecular complexity index is 549. The summed E-state index contributed by atoms with van der Waals surface area (Å²) in [5.74, 6) is 0. The molecule has 2 rings (SSSR count). The highest BCUT2D eigenvalue weighted by Gasteiger charge is 2.05. The van der Waals surface area contributed by atoms with E-state index in [1.807, 2.05) is 37.3 Å². The molecule has 82 valence electrons. The summed E-state index contributed by atoms with van der Waals surface area (Å²) in [5.41, 5.74) is 1.83. The molecule has 1 aromatic carbocycles.